The molecule has 0 spiro atoms. The van der Waals surface area contributed by atoms with Gasteiger partial charge in [0.1, 0.15) is 120 Å². The fourth-order valence-electron chi connectivity index (χ4n) is 12.2. The highest BCUT2D eigenvalue weighted by molar-refractivity contribution is 6.35. The van der Waals surface area contributed by atoms with Crippen LogP contribution < -0.4 is 28.4 Å². The Bertz CT molecular complexity index is 5550. The molecule has 28 heteroatoms. The van der Waals surface area contributed by atoms with E-state index < -0.39 is 35.4 Å². The van der Waals surface area contributed by atoms with Crippen LogP contribution in [0, 0.1) is 0 Å². The summed E-state index contributed by atoms with van der Waals surface area (Å²) in [7, 11) is 7.98. The lowest BCUT2D eigenvalue weighted by Crippen LogP contribution is -2.08. The van der Waals surface area contributed by atoms with Crippen LogP contribution in [0.25, 0.3) is 0 Å². The van der Waals surface area contributed by atoms with Gasteiger partial charge in [0.15, 0.2) is 11.5 Å². The minimum atomic E-state index is -0.758. The van der Waals surface area contributed by atoms with Crippen molar-refractivity contribution in [2.75, 3.05) is 42.7 Å². The summed E-state index contributed by atoms with van der Waals surface area (Å²) in [6.07, 6.45) is 2.67. The molecule has 0 fully saturated rings. The second-order valence-electron chi connectivity index (χ2n) is 25.4. The number of ether oxygens (including phenoxy) is 10. The van der Waals surface area contributed by atoms with Crippen LogP contribution in [-0.2, 0) is 70.3 Å². The van der Waals surface area contributed by atoms with Gasteiger partial charge in [-0.1, -0.05) is 155 Å². The fraction of sp³-hybridized carbons (Fsp3) is 0.156. The number of hydrogen-bond donors (Lipinski definition) is 9. The van der Waals surface area contributed by atoms with Gasteiger partial charge in [-0.25, -0.2) is 19.2 Å². The number of aromatic hydroxyl groups is 9. The van der Waals surface area contributed by atoms with Crippen LogP contribution in [0.5, 0.6) is 109 Å². The molecular formula is C90H79Cl5O23. The van der Waals surface area contributed by atoms with Gasteiger partial charge < -0.3 is 93.3 Å². The van der Waals surface area contributed by atoms with Crippen LogP contribution in [0.15, 0.2) is 218 Å². The number of carbonyl (C=O) groups excluding carboxylic acids is 4. The van der Waals surface area contributed by atoms with Crippen LogP contribution >= 0.6 is 58.0 Å². The Morgan fingerprint density at radius 1 is 0.254 bits per heavy atom. The van der Waals surface area contributed by atoms with Crippen LogP contribution in [0.2, 0.25) is 25.1 Å². The predicted octanol–water partition coefficient (Wildman–Crippen LogP) is 20.8. The molecule has 0 atom stereocenters. The third-order valence-corrected chi connectivity index (χ3v) is 19.9. The van der Waals surface area contributed by atoms with E-state index in [0.29, 0.717) is 105 Å². The van der Waals surface area contributed by atoms with Crippen molar-refractivity contribution >= 4 is 81.9 Å². The van der Waals surface area contributed by atoms with Crippen molar-refractivity contribution in [3.05, 3.63) is 310 Å². The SMILES string of the molecule is COC(=O)c1c(O)cc(O)c(Cl)c1CCc1ccc(O)cc1Oc1ccccc1.COC(=O)c1c(O)cc(O)c(Cl)c1CCc1ccccc1Oc1ccc(Cl)cc1.COC(=O)c1c(O)cc(O)c(Cl)c1CCc1ccccc1Oc1cccc(OC)c1.COC(=O)c1c(O)cc(O)c(Cl)c1CCc1ccccc1Oc1ccccc1OC. The zero-order valence-electron chi connectivity index (χ0n) is 64.1. The van der Waals surface area contributed by atoms with E-state index in [0.717, 1.165) is 46.5 Å². The van der Waals surface area contributed by atoms with Crippen molar-refractivity contribution in [2.45, 2.75) is 51.4 Å². The molecule has 12 aromatic rings. The van der Waals surface area contributed by atoms with E-state index in [1.807, 2.05) is 121 Å². The van der Waals surface area contributed by atoms with Crippen molar-refractivity contribution in [3.63, 3.8) is 0 Å². The number of halogens is 5. The van der Waals surface area contributed by atoms with Gasteiger partial charge in [0.2, 0.25) is 0 Å². The number of carbonyl (C=O) groups is 4. The second-order valence-corrected chi connectivity index (χ2v) is 27.4. The van der Waals surface area contributed by atoms with Gasteiger partial charge in [-0.2, -0.15) is 0 Å². The normalized spacial score (nSPS) is 10.5. The van der Waals surface area contributed by atoms with Crippen molar-refractivity contribution in [1.82, 2.24) is 0 Å². The van der Waals surface area contributed by atoms with Crippen molar-refractivity contribution in [3.8, 4) is 109 Å². The molecule has 0 aliphatic heterocycles. The Hall–Kier alpha value is -13.0. The summed E-state index contributed by atoms with van der Waals surface area (Å²) >= 11 is 30.8. The topological polar surface area (TPSA) is 343 Å². The van der Waals surface area contributed by atoms with E-state index in [-0.39, 0.29) is 114 Å². The summed E-state index contributed by atoms with van der Waals surface area (Å²) in [5.41, 5.74) is 4.17. The standard InChI is InChI=1S/2C23H21ClO6.C22H18Cl2O5.C22H19ClO6/c1-28-19-9-5-6-10-20(19)30-18-8-4-3-7-14(18)11-12-15-21(23(27)29-2)16(25)13-17(26)22(15)24;1-28-15-7-5-8-16(12-15)30-20-9-4-3-6-14(20)10-11-17-21(23(27)29-2)18(25)13-19(26)22(17)24;1-28-22(27)20-16(21(24)18(26)12-17(20)25)11-6-13-4-2-3-5-19(13)29-15-9-7-14(23)8-10-15;1-28-22(27)20-16(21(23)18(26)12-17(20)25)10-8-13-7-9-14(24)11-19(13)29-15-5-3-2-4-6-15/h3-10,13,25-26H,11-12H2,1-2H3;3-9,12-13,25-26H,10-11H2,1-2H3;2-5,7-10,12,25-26H,6,11H2,1H3;2-7,9,11-12,24-26H,8,10H2,1H3. The van der Waals surface area contributed by atoms with Gasteiger partial charge in [0, 0.05) is 41.4 Å². The lowest BCUT2D eigenvalue weighted by molar-refractivity contribution is 0.0586. The van der Waals surface area contributed by atoms with Crippen LogP contribution in [0.1, 0.15) is 85.9 Å². The number of para-hydroxylation sites is 6. The number of phenolic OH excluding ortho intramolecular Hbond substituents is 9. The van der Waals surface area contributed by atoms with Crippen LogP contribution in [-0.4, -0.2) is 112 Å². The average Bonchev–Trinajstić information content (AvgIpc) is 0.808. The smallest absolute Gasteiger partial charge is 0.341 e. The van der Waals surface area contributed by atoms with Crippen molar-refractivity contribution in [2.24, 2.45) is 0 Å². The molecule has 9 N–H and O–H groups in total. The molecule has 0 aliphatic carbocycles. The number of benzene rings is 12. The van der Waals surface area contributed by atoms with Gasteiger partial charge in [0.25, 0.3) is 0 Å². The maximum Gasteiger partial charge on any atom is 0.341 e. The lowest BCUT2D eigenvalue weighted by atomic mass is 9.97. The van der Waals surface area contributed by atoms with E-state index in [2.05, 4.69) is 0 Å². The highest BCUT2D eigenvalue weighted by atomic mass is 35.5. The Morgan fingerprint density at radius 2 is 0.559 bits per heavy atom. The van der Waals surface area contributed by atoms with E-state index in [1.165, 1.54) is 40.6 Å². The molecule has 0 aliphatic rings. The molecule has 118 heavy (non-hydrogen) atoms. The Kier molecular flexibility index (Phi) is 32.1. The van der Waals surface area contributed by atoms with Crippen molar-refractivity contribution < 1.29 is 113 Å². The molecule has 0 amide bonds. The number of methoxy groups -OCH3 is 6. The van der Waals surface area contributed by atoms with E-state index >= 15 is 0 Å². The summed E-state index contributed by atoms with van der Waals surface area (Å²) in [5, 5.41) is 90.8. The first-order valence-electron chi connectivity index (χ1n) is 35.8. The lowest BCUT2D eigenvalue weighted by Gasteiger charge is -2.16. The maximum atomic E-state index is 12.1. The third-order valence-electron chi connectivity index (χ3n) is 18.0. The Labute approximate surface area is 703 Å². The largest absolute Gasteiger partial charge is 0.508 e. The fourth-order valence-corrected chi connectivity index (χ4v) is 13.3. The minimum Gasteiger partial charge on any atom is -0.508 e. The second kappa shape index (κ2) is 42.5. The monoisotopic (exact) mass is 1700 g/mol. The Morgan fingerprint density at radius 3 is 0.932 bits per heavy atom. The van der Waals surface area contributed by atoms with Crippen molar-refractivity contribution in [1.29, 1.82) is 0 Å². The number of aryl methyl sites for hydroxylation is 4. The molecule has 0 aromatic heterocycles. The Balaban J connectivity index is 0.000000179. The highest BCUT2D eigenvalue weighted by Crippen LogP contribution is 2.44. The first-order chi connectivity index (χ1) is 56.7. The van der Waals surface area contributed by atoms with Crippen LogP contribution in [0.4, 0.5) is 0 Å². The summed E-state index contributed by atoms with van der Waals surface area (Å²) < 4.78 is 53.4. The molecule has 612 valence electrons. The molecule has 0 unspecified atom stereocenters. The molecule has 0 saturated carbocycles. The van der Waals surface area contributed by atoms with Gasteiger partial charge in [-0.05, 0) is 181 Å². The molecule has 0 bridgehead atoms. The molecule has 12 aromatic carbocycles. The molecule has 0 radical (unpaired) electrons. The molecule has 0 saturated heterocycles. The zero-order valence-corrected chi connectivity index (χ0v) is 67.9. The third kappa shape index (κ3) is 23.0. The van der Waals surface area contributed by atoms with Gasteiger partial charge in [0.05, 0.1) is 62.7 Å². The molecule has 0 heterocycles. The average molecular weight is 1710 g/mol. The molecule has 23 nitrogen and oxygen atoms in total. The zero-order chi connectivity index (χ0) is 85.3. The number of rotatable bonds is 26. The van der Waals surface area contributed by atoms with E-state index in [4.69, 9.17) is 105 Å². The first kappa shape index (κ1) is 88.9. The maximum absolute atomic E-state index is 12.1. The van der Waals surface area contributed by atoms with Crippen LogP contribution in [0.3, 0.4) is 0 Å². The summed E-state index contributed by atoms with van der Waals surface area (Å²) in [4.78, 5) is 48.5. The minimum absolute atomic E-state index is 0.000560. The predicted molar refractivity (Wildman–Crippen MR) is 446 cm³/mol. The summed E-state index contributed by atoms with van der Waals surface area (Å²) in [5.74, 6) is 0.247. The summed E-state index contributed by atoms with van der Waals surface area (Å²) in [6, 6.07) is 61.7. The van der Waals surface area contributed by atoms with E-state index in [9.17, 15) is 65.1 Å². The number of esters is 4. The molecular weight excluding hydrogens is 1630 g/mol. The highest BCUT2D eigenvalue weighted by Gasteiger charge is 2.28. The van der Waals surface area contributed by atoms with E-state index in [1.54, 1.807) is 74.9 Å². The van der Waals surface area contributed by atoms with Gasteiger partial charge in [-0.3, -0.25) is 0 Å². The van der Waals surface area contributed by atoms with Gasteiger partial charge in [-0.15, -0.1) is 0 Å². The number of hydrogen-bond acceptors (Lipinski definition) is 23. The number of phenols is 9. The summed E-state index contributed by atoms with van der Waals surface area (Å²) in [6.45, 7) is 0. The van der Waals surface area contributed by atoms with Gasteiger partial charge >= 0.3 is 23.9 Å². The quantitative estimate of drug-likeness (QED) is 0.0180. The molecule has 12 rings (SSSR count). The first-order valence-corrected chi connectivity index (χ1v) is 37.7.